The van der Waals surface area contributed by atoms with Gasteiger partial charge in [-0.25, -0.2) is 0 Å². The predicted octanol–water partition coefficient (Wildman–Crippen LogP) is 0.651. The van der Waals surface area contributed by atoms with Gasteiger partial charge in [-0.2, -0.15) is 0 Å². The van der Waals surface area contributed by atoms with Crippen LogP contribution in [0.1, 0.15) is 9.67 Å². The lowest BCUT2D eigenvalue weighted by atomic mass is 10.4. The minimum Gasteiger partial charge on any atom is -0.468 e. The summed E-state index contributed by atoms with van der Waals surface area (Å²) >= 11 is 1.33. The Morgan fingerprint density at radius 2 is 2.38 bits per heavy atom. The molecular formula is C8H9NO3S. The van der Waals surface area contributed by atoms with Crippen molar-refractivity contribution in [2.75, 3.05) is 13.7 Å². The number of carbonyl (C=O) groups excluding carboxylic acids is 2. The maximum absolute atomic E-state index is 11.2. The highest BCUT2D eigenvalue weighted by molar-refractivity contribution is 7.12. The highest BCUT2D eigenvalue weighted by Crippen LogP contribution is 2.07. The van der Waals surface area contributed by atoms with Crippen LogP contribution in [0.15, 0.2) is 17.5 Å². The summed E-state index contributed by atoms with van der Waals surface area (Å²) in [5.41, 5.74) is 0. The third-order valence-electron chi connectivity index (χ3n) is 1.37. The van der Waals surface area contributed by atoms with Crippen LogP contribution in [0.3, 0.4) is 0 Å². The zero-order valence-corrected chi connectivity index (χ0v) is 7.89. The Morgan fingerprint density at radius 1 is 1.62 bits per heavy atom. The van der Waals surface area contributed by atoms with Crippen LogP contribution in [0, 0.1) is 0 Å². The lowest BCUT2D eigenvalue weighted by molar-refractivity contribution is -0.139. The minimum atomic E-state index is -0.454. The normalized spacial score (nSPS) is 9.31. The molecule has 1 aromatic rings. The van der Waals surface area contributed by atoms with Crippen molar-refractivity contribution in [2.24, 2.45) is 0 Å². The molecule has 0 radical (unpaired) electrons. The van der Waals surface area contributed by atoms with Crippen LogP contribution in [-0.4, -0.2) is 25.5 Å². The van der Waals surface area contributed by atoms with E-state index in [1.54, 1.807) is 17.5 Å². The molecular weight excluding hydrogens is 190 g/mol. The highest BCUT2D eigenvalue weighted by atomic mass is 32.1. The lowest BCUT2D eigenvalue weighted by Crippen LogP contribution is -2.29. The fourth-order valence-corrected chi connectivity index (χ4v) is 1.36. The Bertz CT molecular complexity index is 294. The Labute approximate surface area is 79.5 Å². The van der Waals surface area contributed by atoms with Gasteiger partial charge in [-0.15, -0.1) is 11.3 Å². The Hall–Kier alpha value is -1.36. The predicted molar refractivity (Wildman–Crippen MR) is 48.7 cm³/mol. The van der Waals surface area contributed by atoms with E-state index in [2.05, 4.69) is 10.1 Å². The molecule has 5 heteroatoms. The van der Waals surface area contributed by atoms with E-state index < -0.39 is 5.97 Å². The van der Waals surface area contributed by atoms with Crippen molar-refractivity contribution in [3.8, 4) is 0 Å². The molecule has 1 amide bonds. The molecule has 1 rings (SSSR count). The molecule has 0 unspecified atom stereocenters. The van der Waals surface area contributed by atoms with Crippen LogP contribution in [-0.2, 0) is 9.53 Å². The molecule has 1 heterocycles. The molecule has 0 aromatic carbocycles. The molecule has 1 N–H and O–H groups in total. The number of hydrogen-bond acceptors (Lipinski definition) is 4. The molecule has 0 atom stereocenters. The third-order valence-corrected chi connectivity index (χ3v) is 2.23. The summed E-state index contributed by atoms with van der Waals surface area (Å²) in [4.78, 5) is 22.5. The smallest absolute Gasteiger partial charge is 0.325 e. The van der Waals surface area contributed by atoms with Crippen molar-refractivity contribution in [1.29, 1.82) is 0 Å². The molecule has 0 bridgehead atoms. The van der Waals surface area contributed by atoms with Gasteiger partial charge >= 0.3 is 5.97 Å². The molecule has 0 saturated heterocycles. The van der Waals surface area contributed by atoms with Gasteiger partial charge in [0, 0.05) is 0 Å². The van der Waals surface area contributed by atoms with E-state index in [0.717, 1.165) is 0 Å². The van der Waals surface area contributed by atoms with E-state index in [-0.39, 0.29) is 12.5 Å². The molecule has 4 nitrogen and oxygen atoms in total. The van der Waals surface area contributed by atoms with Crippen LogP contribution in [0.4, 0.5) is 0 Å². The summed E-state index contributed by atoms with van der Waals surface area (Å²) in [5.74, 6) is -0.703. The second kappa shape index (κ2) is 4.61. The van der Waals surface area contributed by atoms with Gasteiger partial charge in [0.2, 0.25) is 0 Å². The zero-order chi connectivity index (χ0) is 9.68. The van der Waals surface area contributed by atoms with Crippen LogP contribution < -0.4 is 5.32 Å². The second-order valence-corrected chi connectivity index (χ2v) is 3.18. The first kappa shape index (κ1) is 9.73. The number of methoxy groups -OCH3 is 1. The van der Waals surface area contributed by atoms with E-state index in [1.807, 2.05) is 0 Å². The van der Waals surface area contributed by atoms with Crippen LogP contribution >= 0.6 is 11.3 Å². The van der Waals surface area contributed by atoms with Gasteiger partial charge in [0.15, 0.2) is 0 Å². The number of rotatable bonds is 3. The topological polar surface area (TPSA) is 55.4 Å². The first-order valence-electron chi connectivity index (χ1n) is 3.62. The molecule has 70 valence electrons. The van der Waals surface area contributed by atoms with Gasteiger partial charge in [-0.3, -0.25) is 9.59 Å². The van der Waals surface area contributed by atoms with E-state index in [1.165, 1.54) is 18.4 Å². The largest absolute Gasteiger partial charge is 0.468 e. The first-order chi connectivity index (χ1) is 6.24. The number of nitrogens with one attached hydrogen (secondary N) is 1. The van der Waals surface area contributed by atoms with Gasteiger partial charge in [-0.1, -0.05) is 6.07 Å². The summed E-state index contributed by atoms with van der Waals surface area (Å²) in [6, 6.07) is 3.47. The van der Waals surface area contributed by atoms with Crippen molar-refractivity contribution in [3.05, 3.63) is 22.4 Å². The average Bonchev–Trinajstić information content (AvgIpc) is 2.66. The summed E-state index contributed by atoms with van der Waals surface area (Å²) in [5, 5.41) is 4.23. The SMILES string of the molecule is COC(=O)CNC(=O)c1cccs1. The van der Waals surface area contributed by atoms with Gasteiger partial charge in [-0.05, 0) is 11.4 Å². The fraction of sp³-hybridized carbons (Fsp3) is 0.250. The number of carbonyl (C=O) groups is 2. The zero-order valence-electron chi connectivity index (χ0n) is 7.07. The second-order valence-electron chi connectivity index (χ2n) is 2.24. The summed E-state index contributed by atoms with van der Waals surface area (Å²) in [6.45, 7) is -0.0900. The fourth-order valence-electron chi connectivity index (χ4n) is 0.719. The quantitative estimate of drug-likeness (QED) is 0.727. The Balaban J connectivity index is 2.39. The first-order valence-corrected chi connectivity index (χ1v) is 4.50. The molecule has 0 fully saturated rings. The van der Waals surface area contributed by atoms with Crippen molar-refractivity contribution in [2.45, 2.75) is 0 Å². The molecule has 0 aliphatic carbocycles. The summed E-state index contributed by atoms with van der Waals surface area (Å²) in [6.07, 6.45) is 0. The van der Waals surface area contributed by atoms with Gasteiger partial charge < -0.3 is 10.1 Å². The molecule has 0 aliphatic heterocycles. The molecule has 0 spiro atoms. The summed E-state index contributed by atoms with van der Waals surface area (Å²) < 4.78 is 4.37. The molecule has 0 saturated carbocycles. The summed E-state index contributed by atoms with van der Waals surface area (Å²) in [7, 11) is 1.28. The van der Waals surface area contributed by atoms with Crippen LogP contribution in [0.5, 0.6) is 0 Å². The highest BCUT2D eigenvalue weighted by Gasteiger charge is 2.07. The average molecular weight is 199 g/mol. The van der Waals surface area contributed by atoms with Crippen molar-refractivity contribution >= 4 is 23.2 Å². The molecule has 0 aliphatic rings. The number of esters is 1. The number of hydrogen-bond donors (Lipinski definition) is 1. The van der Waals surface area contributed by atoms with Crippen LogP contribution in [0.25, 0.3) is 0 Å². The lowest BCUT2D eigenvalue weighted by Gasteiger charge is -2.00. The number of thiophene rings is 1. The monoisotopic (exact) mass is 199 g/mol. The Kier molecular flexibility index (Phi) is 3.45. The van der Waals surface area contributed by atoms with E-state index in [4.69, 9.17) is 0 Å². The third kappa shape index (κ3) is 2.87. The van der Waals surface area contributed by atoms with E-state index in [9.17, 15) is 9.59 Å². The van der Waals surface area contributed by atoms with Gasteiger partial charge in [0.05, 0.1) is 12.0 Å². The van der Waals surface area contributed by atoms with Crippen molar-refractivity contribution < 1.29 is 14.3 Å². The van der Waals surface area contributed by atoms with Crippen molar-refractivity contribution in [3.63, 3.8) is 0 Å². The Morgan fingerprint density at radius 3 is 2.92 bits per heavy atom. The molecule has 13 heavy (non-hydrogen) atoms. The molecule has 1 aromatic heterocycles. The van der Waals surface area contributed by atoms with E-state index >= 15 is 0 Å². The number of amides is 1. The van der Waals surface area contributed by atoms with Gasteiger partial charge in [0.1, 0.15) is 6.54 Å². The maximum Gasteiger partial charge on any atom is 0.325 e. The maximum atomic E-state index is 11.2. The number of ether oxygens (including phenoxy) is 1. The van der Waals surface area contributed by atoms with E-state index in [0.29, 0.717) is 4.88 Å². The standard InChI is InChI=1S/C8H9NO3S/c1-12-7(10)5-9-8(11)6-3-2-4-13-6/h2-4H,5H2,1H3,(H,9,11). The van der Waals surface area contributed by atoms with Gasteiger partial charge in [0.25, 0.3) is 5.91 Å². The van der Waals surface area contributed by atoms with Crippen molar-refractivity contribution in [1.82, 2.24) is 5.32 Å². The minimum absolute atomic E-state index is 0.0900. The van der Waals surface area contributed by atoms with Crippen LogP contribution in [0.2, 0.25) is 0 Å².